The number of hydrogen-bond donors (Lipinski definition) is 2. The molecule has 0 bridgehead atoms. The van der Waals surface area contributed by atoms with Crippen LogP contribution in [0.2, 0.25) is 0 Å². The van der Waals surface area contributed by atoms with E-state index in [0.717, 1.165) is 39.1 Å². The van der Waals surface area contributed by atoms with Crippen LogP contribution in [-0.2, 0) is 4.79 Å². The van der Waals surface area contributed by atoms with Gasteiger partial charge in [0, 0.05) is 17.7 Å². The minimum atomic E-state index is -0.325. The molecule has 0 radical (unpaired) electrons. The molecule has 1 aliphatic carbocycles. The second-order valence-corrected chi connectivity index (χ2v) is 9.67. The zero-order chi connectivity index (χ0) is 23.8. The molecular weight excluding hydrogens is 492 g/mol. The maximum absolute atomic E-state index is 13.7. The number of ketones is 1. The Labute approximate surface area is 208 Å². The quantitative estimate of drug-likeness (QED) is 0.399. The zero-order valence-corrected chi connectivity index (χ0v) is 21.0. The van der Waals surface area contributed by atoms with E-state index < -0.39 is 0 Å². The molecule has 2 atom stereocenters. The van der Waals surface area contributed by atoms with E-state index in [-0.39, 0.29) is 17.7 Å². The fraction of sp³-hybridized carbons (Fsp3) is 0.250. The second-order valence-electron chi connectivity index (χ2n) is 8.82. The van der Waals surface area contributed by atoms with E-state index >= 15 is 0 Å². The van der Waals surface area contributed by atoms with Gasteiger partial charge in [0.25, 0.3) is 0 Å². The molecule has 3 aromatic carbocycles. The van der Waals surface area contributed by atoms with Crippen molar-refractivity contribution < 1.29 is 14.3 Å². The van der Waals surface area contributed by atoms with Crippen molar-refractivity contribution in [3.63, 3.8) is 0 Å². The smallest absolute Gasteiger partial charge is 0.174 e. The van der Waals surface area contributed by atoms with E-state index in [4.69, 9.17) is 9.47 Å². The summed E-state index contributed by atoms with van der Waals surface area (Å²) in [6.45, 7) is 2.08. The summed E-state index contributed by atoms with van der Waals surface area (Å²) in [6.07, 6.45) is 1.25. The van der Waals surface area contributed by atoms with Crippen molar-refractivity contribution in [2.45, 2.75) is 31.7 Å². The summed E-state index contributed by atoms with van der Waals surface area (Å²) in [6, 6.07) is 20.2. The number of hydrogen-bond acceptors (Lipinski definition) is 5. The van der Waals surface area contributed by atoms with E-state index in [0.29, 0.717) is 17.9 Å². The number of rotatable bonds is 4. The Kier molecular flexibility index (Phi) is 6.09. The molecule has 0 aromatic heterocycles. The van der Waals surface area contributed by atoms with Gasteiger partial charge in [0.15, 0.2) is 17.3 Å². The minimum absolute atomic E-state index is 0.141. The molecule has 5 nitrogen and oxygen atoms in total. The van der Waals surface area contributed by atoms with Crippen molar-refractivity contribution >= 4 is 33.1 Å². The van der Waals surface area contributed by atoms with E-state index in [2.05, 4.69) is 57.8 Å². The molecule has 174 valence electrons. The predicted octanol–water partition coefficient (Wildman–Crippen LogP) is 6.75. The molecule has 6 heteroatoms. The Hall–Kier alpha value is -3.25. The molecule has 0 fully saturated rings. The third kappa shape index (κ3) is 4.07. The molecule has 2 N–H and O–H groups in total. The Morgan fingerprint density at radius 2 is 1.65 bits per heavy atom. The molecule has 34 heavy (non-hydrogen) atoms. The first-order chi connectivity index (χ1) is 16.5. The second kappa shape index (κ2) is 9.18. The third-order valence-corrected chi connectivity index (χ3v) is 7.24. The van der Waals surface area contributed by atoms with Gasteiger partial charge < -0.3 is 20.1 Å². The molecule has 0 saturated carbocycles. The molecular formula is C28H27BrN2O3. The van der Waals surface area contributed by atoms with Gasteiger partial charge in [-0.3, -0.25) is 4.79 Å². The first-order valence-electron chi connectivity index (χ1n) is 11.3. The Bertz CT molecular complexity index is 1280. The number of carbonyl (C=O) groups excluding carboxylic acids is 1. The first-order valence-corrected chi connectivity index (χ1v) is 12.1. The number of fused-ring (bicyclic) bond motifs is 1. The van der Waals surface area contributed by atoms with Crippen LogP contribution in [0, 0.1) is 6.92 Å². The minimum Gasteiger partial charge on any atom is -0.493 e. The van der Waals surface area contributed by atoms with E-state index in [1.165, 1.54) is 11.1 Å². The summed E-state index contributed by atoms with van der Waals surface area (Å²) in [4.78, 5) is 13.7. The van der Waals surface area contributed by atoms with Crippen LogP contribution < -0.4 is 20.1 Å². The van der Waals surface area contributed by atoms with E-state index in [1.54, 1.807) is 14.2 Å². The lowest BCUT2D eigenvalue weighted by atomic mass is 9.78. The number of carbonyl (C=O) groups is 1. The first kappa shape index (κ1) is 22.5. The van der Waals surface area contributed by atoms with Gasteiger partial charge in [-0.15, -0.1) is 0 Å². The van der Waals surface area contributed by atoms with Crippen molar-refractivity contribution in [3.05, 3.63) is 93.1 Å². The molecule has 0 amide bonds. The van der Waals surface area contributed by atoms with Gasteiger partial charge in [-0.25, -0.2) is 0 Å². The number of ether oxygens (including phenoxy) is 2. The molecule has 0 saturated heterocycles. The highest BCUT2D eigenvalue weighted by molar-refractivity contribution is 9.10. The van der Waals surface area contributed by atoms with Crippen LogP contribution in [0.1, 0.15) is 41.5 Å². The van der Waals surface area contributed by atoms with Crippen LogP contribution in [0.3, 0.4) is 0 Å². The van der Waals surface area contributed by atoms with Crippen LogP contribution in [0.5, 0.6) is 11.5 Å². The normalized spacial score (nSPS) is 19.4. The highest BCUT2D eigenvalue weighted by Crippen LogP contribution is 2.46. The molecule has 0 spiro atoms. The van der Waals surface area contributed by atoms with Crippen molar-refractivity contribution in [1.82, 2.24) is 0 Å². The van der Waals surface area contributed by atoms with E-state index in [1.807, 2.05) is 36.4 Å². The lowest BCUT2D eigenvalue weighted by Gasteiger charge is -2.30. The van der Waals surface area contributed by atoms with Crippen molar-refractivity contribution in [2.75, 3.05) is 24.9 Å². The Balaban J connectivity index is 1.63. The summed E-state index contributed by atoms with van der Waals surface area (Å²) < 4.78 is 11.9. The van der Waals surface area contributed by atoms with Crippen LogP contribution in [0.4, 0.5) is 11.4 Å². The molecule has 3 aromatic rings. The number of benzene rings is 3. The van der Waals surface area contributed by atoms with Gasteiger partial charge in [-0.05, 0) is 70.6 Å². The number of Topliss-reactive ketones (excluding diaryl/α,β-unsaturated/α-hetero) is 1. The van der Waals surface area contributed by atoms with Crippen molar-refractivity contribution in [3.8, 4) is 11.5 Å². The largest absolute Gasteiger partial charge is 0.493 e. The van der Waals surface area contributed by atoms with Crippen LogP contribution in [-0.4, -0.2) is 20.0 Å². The number of aryl methyl sites for hydroxylation is 1. The summed E-state index contributed by atoms with van der Waals surface area (Å²) in [5, 5.41) is 7.22. The monoisotopic (exact) mass is 518 g/mol. The van der Waals surface area contributed by atoms with Gasteiger partial charge in [-0.1, -0.05) is 42.0 Å². The van der Waals surface area contributed by atoms with Crippen LogP contribution in [0.25, 0.3) is 0 Å². The lowest BCUT2D eigenvalue weighted by Crippen LogP contribution is -2.27. The van der Waals surface area contributed by atoms with Gasteiger partial charge >= 0.3 is 0 Å². The maximum Gasteiger partial charge on any atom is 0.174 e. The highest BCUT2D eigenvalue weighted by atomic mass is 79.9. The predicted molar refractivity (Wildman–Crippen MR) is 139 cm³/mol. The lowest BCUT2D eigenvalue weighted by molar-refractivity contribution is -0.116. The molecule has 5 rings (SSSR count). The number of anilines is 2. The number of nitrogens with one attached hydrogen (secondary N) is 2. The fourth-order valence-corrected chi connectivity index (χ4v) is 5.54. The summed E-state index contributed by atoms with van der Waals surface area (Å²) >= 11 is 3.62. The van der Waals surface area contributed by atoms with Crippen molar-refractivity contribution in [1.29, 1.82) is 0 Å². The SMILES string of the molecule is COc1cc(C2Nc3ccccc3NC3=C2C(=O)CC(c2ccc(C)cc2)C3)cc(Br)c1OC. The average Bonchev–Trinajstić information content (AvgIpc) is 3.01. The molecule has 2 aliphatic rings. The zero-order valence-electron chi connectivity index (χ0n) is 19.4. The Morgan fingerprint density at radius 1 is 0.912 bits per heavy atom. The molecule has 1 aliphatic heterocycles. The van der Waals surface area contributed by atoms with E-state index in [9.17, 15) is 4.79 Å². The van der Waals surface area contributed by atoms with Crippen LogP contribution in [0.15, 0.2) is 76.4 Å². The van der Waals surface area contributed by atoms with Gasteiger partial charge in [-0.2, -0.15) is 0 Å². The van der Waals surface area contributed by atoms with Crippen LogP contribution >= 0.6 is 15.9 Å². The summed E-state index contributed by atoms with van der Waals surface area (Å²) in [7, 11) is 3.23. The molecule has 1 heterocycles. The maximum atomic E-state index is 13.7. The highest BCUT2D eigenvalue weighted by Gasteiger charge is 2.36. The average molecular weight is 519 g/mol. The fourth-order valence-electron chi connectivity index (χ4n) is 4.92. The number of allylic oxidation sites excluding steroid dienone is 1. The van der Waals surface area contributed by atoms with Gasteiger partial charge in [0.2, 0.25) is 0 Å². The Morgan fingerprint density at radius 3 is 2.35 bits per heavy atom. The number of para-hydroxylation sites is 2. The topological polar surface area (TPSA) is 59.6 Å². The van der Waals surface area contributed by atoms with Gasteiger partial charge in [0.05, 0.1) is 36.1 Å². The summed E-state index contributed by atoms with van der Waals surface area (Å²) in [5.41, 5.74) is 7.01. The number of methoxy groups -OCH3 is 2. The third-order valence-electron chi connectivity index (χ3n) is 6.65. The molecule has 2 unspecified atom stereocenters. The standard InChI is InChI=1S/C28H27BrN2O3/c1-16-8-10-17(11-9-16)18-13-23-26(24(32)14-18)27(31-22-7-5-4-6-21(22)30-23)19-12-20(29)28(34-3)25(15-19)33-2/h4-12,15,18,27,30-31H,13-14H2,1-3H3. The van der Waals surface area contributed by atoms with Gasteiger partial charge in [0.1, 0.15) is 0 Å². The number of halogens is 1. The summed E-state index contributed by atoms with van der Waals surface area (Å²) in [5.74, 6) is 1.53. The van der Waals surface area contributed by atoms with Crippen molar-refractivity contribution in [2.24, 2.45) is 0 Å².